The van der Waals surface area contributed by atoms with Gasteiger partial charge in [-0.25, -0.2) is 9.59 Å². The molecule has 0 aliphatic heterocycles. The molecule has 0 bridgehead atoms. The Morgan fingerprint density at radius 2 is 0.909 bits per heavy atom. The van der Waals surface area contributed by atoms with Crippen LogP contribution >= 0.6 is 11.6 Å². The van der Waals surface area contributed by atoms with Gasteiger partial charge < -0.3 is 18.9 Å². The van der Waals surface area contributed by atoms with Crippen molar-refractivity contribution in [2.24, 2.45) is 0 Å². The molecule has 5 rings (SSSR count). The smallest absolute Gasteiger partial charge is 0.343 e. The Balaban J connectivity index is 1.08. The van der Waals surface area contributed by atoms with Gasteiger partial charge in [-0.15, -0.1) is 0 Å². The van der Waals surface area contributed by atoms with Gasteiger partial charge in [-0.1, -0.05) is 176 Å². The Bertz CT molecular complexity index is 2370. The van der Waals surface area contributed by atoms with Gasteiger partial charge in [-0.3, -0.25) is 10.1 Å². The van der Waals surface area contributed by atoms with Crippen LogP contribution in [0.4, 0.5) is 5.69 Å². The number of carbonyl (C=O) groups is 2. The monoisotopic (exact) mass is 913 g/mol. The molecular formula is C56H64ClNO8. The fourth-order valence-corrected chi connectivity index (χ4v) is 7.52. The van der Waals surface area contributed by atoms with Crippen LogP contribution in [-0.4, -0.2) is 30.1 Å². The first-order chi connectivity index (χ1) is 32.1. The predicted octanol–water partition coefficient (Wildman–Crippen LogP) is 16.0. The normalized spacial score (nSPS) is 11.3. The van der Waals surface area contributed by atoms with Crippen LogP contribution in [0.5, 0.6) is 23.0 Å². The Labute approximate surface area is 396 Å². The molecule has 0 radical (unpaired) electrons. The minimum absolute atomic E-state index is 0.0757. The Kier molecular flexibility index (Phi) is 21.5. The van der Waals surface area contributed by atoms with E-state index < -0.39 is 16.9 Å². The molecular weight excluding hydrogens is 850 g/mol. The molecule has 0 aliphatic rings. The summed E-state index contributed by atoms with van der Waals surface area (Å²) in [7, 11) is 0. The van der Waals surface area contributed by atoms with E-state index in [1.165, 1.54) is 70.3 Å². The van der Waals surface area contributed by atoms with Crippen molar-refractivity contribution in [3.8, 4) is 23.0 Å². The summed E-state index contributed by atoms with van der Waals surface area (Å²) in [5.74, 6) is 0.345. The number of benzene rings is 5. The number of esters is 2. The molecule has 10 heteroatoms. The molecule has 0 unspecified atom stereocenters. The molecule has 0 amide bonds. The number of unbranched alkanes of at least 4 members (excludes halogenated alkanes) is 13. The molecule has 0 atom stereocenters. The van der Waals surface area contributed by atoms with Crippen LogP contribution in [0.3, 0.4) is 0 Å². The average molecular weight is 915 g/mol. The second-order valence-electron chi connectivity index (χ2n) is 16.5. The average Bonchev–Trinajstić information content (AvgIpc) is 3.32. The zero-order valence-corrected chi connectivity index (χ0v) is 39.5. The molecule has 0 fully saturated rings. The van der Waals surface area contributed by atoms with Crippen LogP contribution in [0.2, 0.25) is 5.02 Å². The molecule has 5 aromatic rings. The molecule has 0 N–H and O–H groups in total. The molecule has 5 aromatic carbocycles. The number of hydrogen-bond donors (Lipinski definition) is 0. The Hall–Kier alpha value is -6.19. The second-order valence-corrected chi connectivity index (χ2v) is 16.9. The lowest BCUT2D eigenvalue weighted by Crippen LogP contribution is -2.12. The lowest BCUT2D eigenvalue weighted by molar-refractivity contribution is -0.385. The van der Waals surface area contributed by atoms with Crippen molar-refractivity contribution in [3.05, 3.63) is 157 Å². The first-order valence-corrected chi connectivity index (χ1v) is 24.0. The number of carbonyl (C=O) groups excluding carboxylic acids is 2. The van der Waals surface area contributed by atoms with Gasteiger partial charge >= 0.3 is 17.6 Å². The van der Waals surface area contributed by atoms with Crippen LogP contribution in [0.15, 0.2) is 103 Å². The Morgan fingerprint density at radius 3 is 1.36 bits per heavy atom. The number of rotatable bonds is 28. The van der Waals surface area contributed by atoms with E-state index in [9.17, 15) is 19.7 Å². The first-order valence-electron chi connectivity index (χ1n) is 23.6. The van der Waals surface area contributed by atoms with E-state index in [4.69, 9.17) is 30.5 Å². The molecule has 348 valence electrons. The molecule has 0 saturated heterocycles. The minimum atomic E-state index is -0.579. The van der Waals surface area contributed by atoms with Crippen LogP contribution in [-0.2, 0) is 0 Å². The number of hydrogen-bond acceptors (Lipinski definition) is 8. The van der Waals surface area contributed by atoms with Gasteiger partial charge in [0.1, 0.15) is 17.2 Å². The predicted molar refractivity (Wildman–Crippen MR) is 268 cm³/mol. The SMILES string of the molecule is CCCCCCCCCCCCOc1ccc(/C=C/c2ccc(C(=O)Oc3cccc(OC(=O)c4ccc(/C=C/c5ccc(OCCCCCCC)c(Cl)c5)cc4)c3C)cc2)cc1[N+](=O)[O-]. The highest BCUT2D eigenvalue weighted by Gasteiger charge is 2.17. The summed E-state index contributed by atoms with van der Waals surface area (Å²) < 4.78 is 23.1. The largest absolute Gasteiger partial charge is 0.492 e. The van der Waals surface area contributed by atoms with E-state index in [0.29, 0.717) is 46.2 Å². The van der Waals surface area contributed by atoms with Crippen molar-refractivity contribution in [1.29, 1.82) is 0 Å². The van der Waals surface area contributed by atoms with Gasteiger partial charge in [0, 0.05) is 11.6 Å². The third-order valence-corrected chi connectivity index (χ3v) is 11.6. The van der Waals surface area contributed by atoms with Crippen LogP contribution in [0, 0.1) is 17.0 Å². The minimum Gasteiger partial charge on any atom is -0.492 e. The summed E-state index contributed by atoms with van der Waals surface area (Å²) in [6.45, 7) is 7.24. The number of nitro benzene ring substituents is 1. The lowest BCUT2D eigenvalue weighted by Gasteiger charge is -2.12. The van der Waals surface area contributed by atoms with E-state index in [1.54, 1.807) is 79.7 Å². The third-order valence-electron chi connectivity index (χ3n) is 11.3. The van der Waals surface area contributed by atoms with Gasteiger partial charge in [0.2, 0.25) is 0 Å². The van der Waals surface area contributed by atoms with E-state index in [2.05, 4.69) is 13.8 Å². The van der Waals surface area contributed by atoms with E-state index in [1.807, 2.05) is 48.6 Å². The standard InChI is InChI=1S/C56H64ClNO8/c1-4-6-8-10-11-12-13-14-16-18-39-64-54-37-31-46(41-50(54)58(61)62)25-23-44-28-34-48(35-29-44)56(60)66-52-21-19-20-51(42(52)3)65-55(59)47-32-26-43(27-33-47)22-24-45-30-36-53(49(57)40-45)63-38-17-15-9-7-5-2/h19-37,40-41H,4-18,38-39H2,1-3H3/b24-22+,25-23+. The number of halogens is 1. The topological polar surface area (TPSA) is 114 Å². The van der Waals surface area contributed by atoms with Crippen LogP contribution in [0.1, 0.15) is 159 Å². The maximum Gasteiger partial charge on any atom is 0.343 e. The van der Waals surface area contributed by atoms with Crippen molar-refractivity contribution in [3.63, 3.8) is 0 Å². The highest BCUT2D eigenvalue weighted by Crippen LogP contribution is 2.31. The quantitative estimate of drug-likeness (QED) is 0.0122. The van der Waals surface area contributed by atoms with Crippen molar-refractivity contribution in [2.45, 2.75) is 117 Å². The summed E-state index contributed by atoms with van der Waals surface area (Å²) in [5, 5.41) is 12.4. The van der Waals surface area contributed by atoms with Gasteiger partial charge in [-0.2, -0.15) is 0 Å². The van der Waals surface area contributed by atoms with Crippen LogP contribution in [0.25, 0.3) is 24.3 Å². The van der Waals surface area contributed by atoms with Gasteiger partial charge in [0.15, 0.2) is 5.75 Å². The molecule has 0 saturated carbocycles. The lowest BCUT2D eigenvalue weighted by atomic mass is 10.1. The molecule has 0 aromatic heterocycles. The number of ether oxygens (including phenoxy) is 4. The molecule has 0 spiro atoms. The van der Waals surface area contributed by atoms with Crippen LogP contribution < -0.4 is 18.9 Å². The summed E-state index contributed by atoms with van der Waals surface area (Å²) in [5.41, 5.74) is 4.35. The third kappa shape index (κ3) is 17.0. The maximum atomic E-state index is 13.2. The van der Waals surface area contributed by atoms with E-state index in [-0.39, 0.29) is 22.9 Å². The second kappa shape index (κ2) is 28.0. The zero-order chi connectivity index (χ0) is 46.9. The summed E-state index contributed by atoms with van der Waals surface area (Å²) in [4.78, 5) is 37.8. The van der Waals surface area contributed by atoms with Gasteiger partial charge in [0.25, 0.3) is 0 Å². The highest BCUT2D eigenvalue weighted by atomic mass is 35.5. The van der Waals surface area contributed by atoms with Gasteiger partial charge in [-0.05, 0) is 96.6 Å². The van der Waals surface area contributed by atoms with Crippen molar-refractivity contribution >= 4 is 53.5 Å². The zero-order valence-electron chi connectivity index (χ0n) is 38.7. The van der Waals surface area contributed by atoms with Gasteiger partial charge in [0.05, 0.1) is 34.3 Å². The number of nitrogens with zero attached hydrogens (tertiary/aromatic N) is 1. The Morgan fingerprint density at radius 1 is 0.515 bits per heavy atom. The maximum absolute atomic E-state index is 13.2. The first kappa shape index (κ1) is 50.8. The highest BCUT2D eigenvalue weighted by molar-refractivity contribution is 6.32. The van der Waals surface area contributed by atoms with Crippen molar-refractivity contribution in [2.75, 3.05) is 13.2 Å². The fraction of sp³-hybridized carbons (Fsp3) is 0.357. The molecule has 0 aliphatic carbocycles. The van der Waals surface area contributed by atoms with E-state index >= 15 is 0 Å². The summed E-state index contributed by atoms with van der Waals surface area (Å²) in [6.07, 6.45) is 25.4. The van der Waals surface area contributed by atoms with Crippen molar-refractivity contribution in [1.82, 2.24) is 0 Å². The molecule has 66 heavy (non-hydrogen) atoms. The summed E-state index contributed by atoms with van der Waals surface area (Å²) in [6, 6.07) is 29.4. The number of nitro groups is 1. The molecule has 0 heterocycles. The fourth-order valence-electron chi connectivity index (χ4n) is 7.28. The van der Waals surface area contributed by atoms with Crippen molar-refractivity contribution < 1.29 is 33.5 Å². The summed E-state index contributed by atoms with van der Waals surface area (Å²) >= 11 is 6.49. The van der Waals surface area contributed by atoms with E-state index in [0.717, 1.165) is 48.8 Å². The molecule has 9 nitrogen and oxygen atoms in total.